The highest BCUT2D eigenvalue weighted by molar-refractivity contribution is 7.45. The standard InChI is InChI=1S/C51H92NO8P/c1-6-8-10-12-14-16-18-20-22-24-26-28-29-31-33-35-37-39-41-43-50(53)57-47-49(48-59-61(55,56)58-46-45-52(3,4)5)60-51(54)44-42-40-38-36-34-32-30-27-25-23-21-19-17-15-13-11-9-7-2/h8,10,14,16,20,22,26,28,31,33,49H,6-7,9,11-13,15,17-19,21,23-25,27,29-30,32,34-48H2,1-5H3/b10-8+,16-14+,22-20+,28-26+,33-31+/t49-/m1/s1. The van der Waals surface area contributed by atoms with Gasteiger partial charge >= 0.3 is 11.9 Å². The molecule has 0 N–H and O–H groups in total. The van der Waals surface area contributed by atoms with Gasteiger partial charge in [-0.25, -0.2) is 0 Å². The average molecular weight is 878 g/mol. The molecule has 0 radical (unpaired) electrons. The zero-order valence-corrected chi connectivity index (χ0v) is 40.7. The van der Waals surface area contributed by atoms with Crippen molar-refractivity contribution >= 4 is 19.8 Å². The first-order valence-electron chi connectivity index (χ1n) is 24.5. The smallest absolute Gasteiger partial charge is 0.306 e. The molecule has 0 fully saturated rings. The summed E-state index contributed by atoms with van der Waals surface area (Å²) in [6.07, 6.45) is 52.5. The zero-order chi connectivity index (χ0) is 45.0. The van der Waals surface area contributed by atoms with Crippen LogP contribution in [0, 0.1) is 0 Å². The molecule has 0 heterocycles. The molecule has 9 nitrogen and oxygen atoms in total. The van der Waals surface area contributed by atoms with Crippen molar-refractivity contribution in [2.45, 2.75) is 206 Å². The van der Waals surface area contributed by atoms with Crippen LogP contribution in [0.2, 0.25) is 0 Å². The zero-order valence-electron chi connectivity index (χ0n) is 39.8. The van der Waals surface area contributed by atoms with Crippen molar-refractivity contribution in [2.24, 2.45) is 0 Å². The first kappa shape index (κ1) is 58.7. The van der Waals surface area contributed by atoms with Crippen molar-refractivity contribution in [2.75, 3.05) is 47.5 Å². The predicted molar refractivity (Wildman–Crippen MR) is 254 cm³/mol. The summed E-state index contributed by atoms with van der Waals surface area (Å²) in [7, 11) is 1.14. The van der Waals surface area contributed by atoms with E-state index in [0.717, 1.165) is 70.6 Å². The number of quaternary nitrogens is 1. The number of esters is 2. The molecule has 0 bridgehead atoms. The Bertz CT molecular complexity index is 1220. The normalized spacial score (nSPS) is 14.0. The lowest BCUT2D eigenvalue weighted by molar-refractivity contribution is -0.870. The van der Waals surface area contributed by atoms with Crippen LogP contribution in [0.3, 0.4) is 0 Å². The predicted octanol–water partition coefficient (Wildman–Crippen LogP) is 13.8. The van der Waals surface area contributed by atoms with Gasteiger partial charge in [-0.1, -0.05) is 190 Å². The van der Waals surface area contributed by atoms with E-state index in [1.807, 2.05) is 21.1 Å². The molecule has 61 heavy (non-hydrogen) atoms. The molecule has 0 aromatic carbocycles. The number of ether oxygens (including phenoxy) is 2. The summed E-state index contributed by atoms with van der Waals surface area (Å²) < 4.78 is 34.0. The van der Waals surface area contributed by atoms with Crippen LogP contribution < -0.4 is 4.89 Å². The second-order valence-corrected chi connectivity index (χ2v) is 18.9. The van der Waals surface area contributed by atoms with E-state index in [9.17, 15) is 19.0 Å². The highest BCUT2D eigenvalue weighted by Crippen LogP contribution is 2.38. The quantitative estimate of drug-likeness (QED) is 0.0196. The number of unbranched alkanes of at least 4 members (excludes halogenated alkanes) is 20. The van der Waals surface area contributed by atoms with Gasteiger partial charge in [0.15, 0.2) is 6.10 Å². The Labute approximate surface area is 375 Å². The molecule has 0 aromatic heterocycles. The van der Waals surface area contributed by atoms with Gasteiger partial charge in [0.1, 0.15) is 19.8 Å². The largest absolute Gasteiger partial charge is 0.756 e. The van der Waals surface area contributed by atoms with E-state index in [-0.39, 0.29) is 26.1 Å². The van der Waals surface area contributed by atoms with Crippen molar-refractivity contribution in [3.63, 3.8) is 0 Å². The van der Waals surface area contributed by atoms with Crippen molar-refractivity contribution in [3.8, 4) is 0 Å². The van der Waals surface area contributed by atoms with Crippen LogP contribution in [0.25, 0.3) is 0 Å². The molecule has 0 spiro atoms. The minimum absolute atomic E-state index is 0.0375. The Kier molecular flexibility index (Phi) is 41.4. The van der Waals surface area contributed by atoms with E-state index >= 15 is 0 Å². The molecule has 0 aliphatic heterocycles. The van der Waals surface area contributed by atoms with Crippen LogP contribution in [0.4, 0.5) is 0 Å². The minimum Gasteiger partial charge on any atom is -0.756 e. The maximum Gasteiger partial charge on any atom is 0.306 e. The number of likely N-dealkylation sites (N-methyl/N-ethyl adjacent to an activating group) is 1. The molecule has 0 saturated heterocycles. The number of carbonyl (C=O) groups is 2. The van der Waals surface area contributed by atoms with E-state index in [1.165, 1.54) is 89.9 Å². The summed E-state index contributed by atoms with van der Waals surface area (Å²) >= 11 is 0. The second kappa shape index (κ2) is 43.0. The average Bonchev–Trinajstić information content (AvgIpc) is 3.21. The van der Waals surface area contributed by atoms with Gasteiger partial charge in [-0.3, -0.25) is 14.2 Å². The van der Waals surface area contributed by atoms with Crippen molar-refractivity contribution in [1.29, 1.82) is 0 Å². The van der Waals surface area contributed by atoms with Crippen LogP contribution in [0.15, 0.2) is 60.8 Å². The summed E-state index contributed by atoms with van der Waals surface area (Å²) in [6, 6.07) is 0. The first-order valence-corrected chi connectivity index (χ1v) is 26.0. The molecule has 0 aliphatic carbocycles. The van der Waals surface area contributed by atoms with Gasteiger partial charge in [0.05, 0.1) is 27.7 Å². The number of rotatable bonds is 44. The van der Waals surface area contributed by atoms with Gasteiger partial charge in [0, 0.05) is 12.8 Å². The Morgan fingerprint density at radius 3 is 1.39 bits per heavy atom. The molecule has 2 atom stereocenters. The van der Waals surface area contributed by atoms with Crippen molar-refractivity contribution in [3.05, 3.63) is 60.8 Å². The third-order valence-corrected chi connectivity index (χ3v) is 11.3. The van der Waals surface area contributed by atoms with Crippen LogP contribution in [0.1, 0.15) is 200 Å². The Balaban J connectivity index is 4.34. The Hall–Kier alpha value is -2.29. The number of carbonyl (C=O) groups excluding carboxylic acids is 2. The van der Waals surface area contributed by atoms with Gasteiger partial charge in [-0.2, -0.15) is 0 Å². The van der Waals surface area contributed by atoms with Crippen molar-refractivity contribution < 1.29 is 42.1 Å². The molecule has 0 aromatic rings. The van der Waals surface area contributed by atoms with Crippen LogP contribution in [-0.4, -0.2) is 70.0 Å². The lowest BCUT2D eigenvalue weighted by Gasteiger charge is -2.28. The second-order valence-electron chi connectivity index (χ2n) is 17.5. The lowest BCUT2D eigenvalue weighted by atomic mass is 10.0. The topological polar surface area (TPSA) is 111 Å². The highest BCUT2D eigenvalue weighted by atomic mass is 31.2. The molecule has 0 aliphatic rings. The molecule has 0 amide bonds. The van der Waals surface area contributed by atoms with E-state index < -0.39 is 32.5 Å². The van der Waals surface area contributed by atoms with Crippen LogP contribution >= 0.6 is 7.82 Å². The lowest BCUT2D eigenvalue weighted by Crippen LogP contribution is -2.37. The fourth-order valence-corrected chi connectivity index (χ4v) is 7.23. The Morgan fingerprint density at radius 2 is 0.934 bits per heavy atom. The first-order chi connectivity index (χ1) is 29.5. The summed E-state index contributed by atoms with van der Waals surface area (Å²) in [5, 5.41) is 0. The highest BCUT2D eigenvalue weighted by Gasteiger charge is 2.21. The van der Waals surface area contributed by atoms with E-state index in [4.69, 9.17) is 18.5 Å². The fraction of sp³-hybridized carbons (Fsp3) is 0.765. The number of hydrogen-bond donors (Lipinski definition) is 0. The molecular weight excluding hydrogens is 786 g/mol. The van der Waals surface area contributed by atoms with E-state index in [1.54, 1.807) is 0 Å². The third-order valence-electron chi connectivity index (χ3n) is 10.3. The maximum atomic E-state index is 12.7. The number of phosphoric ester groups is 1. The van der Waals surface area contributed by atoms with Gasteiger partial charge in [0.25, 0.3) is 7.82 Å². The van der Waals surface area contributed by atoms with E-state index in [0.29, 0.717) is 23.9 Å². The van der Waals surface area contributed by atoms with Crippen molar-refractivity contribution in [1.82, 2.24) is 0 Å². The monoisotopic (exact) mass is 878 g/mol. The van der Waals surface area contributed by atoms with Gasteiger partial charge in [0.2, 0.25) is 0 Å². The molecule has 0 rings (SSSR count). The summed E-state index contributed by atoms with van der Waals surface area (Å²) in [4.78, 5) is 37.7. The Morgan fingerprint density at radius 1 is 0.525 bits per heavy atom. The molecule has 10 heteroatoms. The van der Waals surface area contributed by atoms with Crippen LogP contribution in [0.5, 0.6) is 0 Å². The minimum atomic E-state index is -4.64. The number of phosphoric acid groups is 1. The molecule has 1 unspecified atom stereocenters. The number of nitrogens with zero attached hydrogens (tertiary/aromatic N) is 1. The van der Waals surface area contributed by atoms with Gasteiger partial charge in [-0.15, -0.1) is 0 Å². The summed E-state index contributed by atoms with van der Waals surface area (Å²) in [5.41, 5.74) is 0. The number of hydrogen-bond acceptors (Lipinski definition) is 8. The number of allylic oxidation sites excluding steroid dienone is 10. The van der Waals surface area contributed by atoms with Gasteiger partial charge < -0.3 is 27.9 Å². The summed E-state index contributed by atoms with van der Waals surface area (Å²) in [5.74, 6) is -0.869. The molecule has 354 valence electrons. The maximum absolute atomic E-state index is 12.7. The van der Waals surface area contributed by atoms with E-state index in [2.05, 4.69) is 74.6 Å². The van der Waals surface area contributed by atoms with Crippen LogP contribution in [-0.2, 0) is 32.7 Å². The fourth-order valence-electron chi connectivity index (χ4n) is 6.51. The third kappa shape index (κ3) is 47.0. The SMILES string of the molecule is CC/C=C/C/C=C/C/C=C/C/C=C/C/C=C/CCCCCC(=O)OC[C@H](COP(=O)([O-])OCC[N+](C)(C)C)OC(=O)CCCCCCCCCCCCCCCCCCCC. The summed E-state index contributed by atoms with van der Waals surface area (Å²) in [6.45, 7) is 4.09. The van der Waals surface area contributed by atoms with Gasteiger partial charge in [-0.05, 0) is 57.8 Å². The molecule has 0 saturated carbocycles. The molecular formula is C51H92NO8P.